The fourth-order valence-electron chi connectivity index (χ4n) is 5.05. The molecule has 26 heavy (non-hydrogen) atoms. The fourth-order valence-corrected chi connectivity index (χ4v) is 5.05. The number of nitrogens with one attached hydrogen (secondary N) is 1. The monoisotopic (exact) mass is 342 g/mol. The SMILES string of the molecule is O=C(Nc1cccc2cccnc12)c1ccccc1[C@H]1C[C@@H]2CC[C@H]1C2. The first-order chi connectivity index (χ1) is 12.8. The topological polar surface area (TPSA) is 42.0 Å². The van der Waals surface area contributed by atoms with E-state index >= 15 is 0 Å². The second kappa shape index (κ2) is 6.24. The predicted octanol–water partition coefficient (Wildman–Crippen LogP) is 5.39. The summed E-state index contributed by atoms with van der Waals surface area (Å²) < 4.78 is 0. The van der Waals surface area contributed by atoms with Crippen LogP contribution < -0.4 is 5.32 Å². The van der Waals surface area contributed by atoms with Crippen LogP contribution in [0.5, 0.6) is 0 Å². The molecule has 1 heterocycles. The van der Waals surface area contributed by atoms with E-state index in [-0.39, 0.29) is 5.91 Å². The summed E-state index contributed by atoms with van der Waals surface area (Å²) in [5, 5.41) is 4.14. The molecule has 2 saturated carbocycles. The molecule has 0 radical (unpaired) electrons. The number of para-hydroxylation sites is 1. The fraction of sp³-hybridized carbons (Fsp3) is 0.304. The Labute approximate surface area is 153 Å². The Hall–Kier alpha value is -2.68. The predicted molar refractivity (Wildman–Crippen MR) is 104 cm³/mol. The Bertz CT molecular complexity index is 975. The largest absolute Gasteiger partial charge is 0.320 e. The third kappa shape index (κ3) is 2.59. The number of pyridine rings is 1. The zero-order chi connectivity index (χ0) is 17.5. The van der Waals surface area contributed by atoms with Crippen molar-refractivity contribution >= 4 is 22.5 Å². The molecule has 1 N–H and O–H groups in total. The summed E-state index contributed by atoms with van der Waals surface area (Å²) in [6.45, 7) is 0. The molecular weight excluding hydrogens is 320 g/mol. The van der Waals surface area contributed by atoms with E-state index in [0.29, 0.717) is 5.92 Å². The van der Waals surface area contributed by atoms with Gasteiger partial charge in [-0.15, -0.1) is 0 Å². The van der Waals surface area contributed by atoms with Gasteiger partial charge in [-0.1, -0.05) is 42.8 Å². The molecule has 2 bridgehead atoms. The van der Waals surface area contributed by atoms with Gasteiger partial charge in [0, 0.05) is 17.1 Å². The highest BCUT2D eigenvalue weighted by atomic mass is 16.1. The lowest BCUT2D eigenvalue weighted by Crippen LogP contribution is -2.18. The minimum Gasteiger partial charge on any atom is -0.320 e. The molecule has 1 amide bonds. The van der Waals surface area contributed by atoms with Crippen LogP contribution in [0.4, 0.5) is 5.69 Å². The molecule has 3 atom stereocenters. The number of nitrogens with zero attached hydrogens (tertiary/aromatic N) is 1. The number of benzene rings is 2. The Balaban J connectivity index is 1.48. The van der Waals surface area contributed by atoms with Crippen LogP contribution in [-0.4, -0.2) is 10.9 Å². The molecule has 3 nitrogen and oxygen atoms in total. The van der Waals surface area contributed by atoms with Crippen molar-refractivity contribution in [3.63, 3.8) is 0 Å². The van der Waals surface area contributed by atoms with Crippen molar-refractivity contribution in [3.8, 4) is 0 Å². The molecule has 130 valence electrons. The maximum Gasteiger partial charge on any atom is 0.256 e. The van der Waals surface area contributed by atoms with Crippen LogP contribution in [0.3, 0.4) is 0 Å². The standard InChI is InChI=1S/C23H22N2O/c26-23(25-21-9-3-5-16-6-4-12-24-22(16)21)19-8-2-1-7-18(19)20-14-15-10-11-17(20)13-15/h1-9,12,15,17,20H,10-11,13-14H2,(H,25,26)/t15-,17+,20+/m1/s1. The van der Waals surface area contributed by atoms with Crippen molar-refractivity contribution in [1.29, 1.82) is 0 Å². The number of rotatable bonds is 3. The van der Waals surface area contributed by atoms with Crippen molar-refractivity contribution in [2.45, 2.75) is 31.6 Å². The molecule has 0 saturated heterocycles. The zero-order valence-electron chi connectivity index (χ0n) is 14.7. The summed E-state index contributed by atoms with van der Waals surface area (Å²) in [7, 11) is 0. The zero-order valence-corrected chi connectivity index (χ0v) is 14.7. The molecule has 2 aliphatic rings. The minimum atomic E-state index is -0.0264. The lowest BCUT2D eigenvalue weighted by Gasteiger charge is -2.24. The van der Waals surface area contributed by atoms with Gasteiger partial charge in [0.2, 0.25) is 0 Å². The molecule has 1 aromatic heterocycles. The average molecular weight is 342 g/mol. The highest BCUT2D eigenvalue weighted by Crippen LogP contribution is 2.53. The summed E-state index contributed by atoms with van der Waals surface area (Å²) in [5.74, 6) is 2.14. The Kier molecular flexibility index (Phi) is 3.74. The van der Waals surface area contributed by atoms with Crippen LogP contribution in [0, 0.1) is 11.8 Å². The molecule has 0 spiro atoms. The number of hydrogen-bond donors (Lipinski definition) is 1. The first-order valence-corrected chi connectivity index (χ1v) is 9.53. The summed E-state index contributed by atoms with van der Waals surface area (Å²) in [4.78, 5) is 17.5. The third-order valence-corrected chi connectivity index (χ3v) is 6.22. The van der Waals surface area contributed by atoms with E-state index in [2.05, 4.69) is 22.4 Å². The molecule has 3 heteroatoms. The molecule has 3 aromatic rings. The maximum atomic E-state index is 13.1. The van der Waals surface area contributed by atoms with Gasteiger partial charge in [0.15, 0.2) is 0 Å². The van der Waals surface area contributed by atoms with Gasteiger partial charge >= 0.3 is 0 Å². The summed E-state index contributed by atoms with van der Waals surface area (Å²) in [6, 6.07) is 18.0. The number of carbonyl (C=O) groups is 1. The van der Waals surface area contributed by atoms with E-state index in [1.54, 1.807) is 6.20 Å². The molecule has 2 aromatic carbocycles. The smallest absolute Gasteiger partial charge is 0.256 e. The normalized spacial score (nSPS) is 24.1. The highest BCUT2D eigenvalue weighted by Gasteiger charge is 2.41. The van der Waals surface area contributed by atoms with Crippen LogP contribution in [0.15, 0.2) is 60.8 Å². The maximum absolute atomic E-state index is 13.1. The van der Waals surface area contributed by atoms with Crippen LogP contribution in [0.1, 0.15) is 47.5 Å². The molecule has 2 fully saturated rings. The summed E-state index contributed by atoms with van der Waals surface area (Å²) in [6.07, 6.45) is 7.04. The molecule has 0 unspecified atom stereocenters. The Morgan fingerprint density at radius 1 is 0.962 bits per heavy atom. The van der Waals surface area contributed by atoms with Crippen LogP contribution in [-0.2, 0) is 0 Å². The molecule has 0 aliphatic heterocycles. The van der Waals surface area contributed by atoms with E-state index in [9.17, 15) is 4.79 Å². The highest BCUT2D eigenvalue weighted by molar-refractivity contribution is 6.09. The van der Waals surface area contributed by atoms with Crippen LogP contribution >= 0.6 is 0 Å². The van der Waals surface area contributed by atoms with Gasteiger partial charge in [-0.25, -0.2) is 0 Å². The van der Waals surface area contributed by atoms with Gasteiger partial charge in [0.25, 0.3) is 5.91 Å². The van der Waals surface area contributed by atoms with E-state index < -0.39 is 0 Å². The summed E-state index contributed by atoms with van der Waals surface area (Å²) in [5.41, 5.74) is 3.65. The van der Waals surface area contributed by atoms with Gasteiger partial charge in [-0.2, -0.15) is 0 Å². The third-order valence-electron chi connectivity index (χ3n) is 6.22. The number of anilines is 1. The van der Waals surface area contributed by atoms with E-state index in [4.69, 9.17) is 0 Å². The van der Waals surface area contributed by atoms with Gasteiger partial charge in [-0.3, -0.25) is 9.78 Å². The van der Waals surface area contributed by atoms with Crippen molar-refractivity contribution in [3.05, 3.63) is 71.9 Å². The number of carbonyl (C=O) groups excluding carboxylic acids is 1. The molecular formula is C23H22N2O. The number of hydrogen-bond acceptors (Lipinski definition) is 2. The number of fused-ring (bicyclic) bond motifs is 3. The second-order valence-electron chi connectivity index (χ2n) is 7.70. The Morgan fingerprint density at radius 3 is 2.69 bits per heavy atom. The Morgan fingerprint density at radius 2 is 1.85 bits per heavy atom. The van der Waals surface area contributed by atoms with E-state index in [0.717, 1.165) is 34.0 Å². The lowest BCUT2D eigenvalue weighted by atomic mass is 9.81. The minimum absolute atomic E-state index is 0.0264. The van der Waals surface area contributed by atoms with Gasteiger partial charge in [0.05, 0.1) is 11.2 Å². The summed E-state index contributed by atoms with van der Waals surface area (Å²) >= 11 is 0. The number of aromatic nitrogens is 1. The quantitative estimate of drug-likeness (QED) is 0.693. The average Bonchev–Trinajstić information content (AvgIpc) is 3.32. The first kappa shape index (κ1) is 15.6. The van der Waals surface area contributed by atoms with E-state index in [1.165, 1.54) is 31.2 Å². The lowest BCUT2D eigenvalue weighted by molar-refractivity contribution is 0.102. The van der Waals surface area contributed by atoms with Crippen molar-refractivity contribution < 1.29 is 4.79 Å². The van der Waals surface area contributed by atoms with Gasteiger partial charge in [0.1, 0.15) is 0 Å². The second-order valence-corrected chi connectivity index (χ2v) is 7.70. The van der Waals surface area contributed by atoms with Gasteiger partial charge in [-0.05, 0) is 60.8 Å². The van der Waals surface area contributed by atoms with Crippen molar-refractivity contribution in [1.82, 2.24) is 4.98 Å². The van der Waals surface area contributed by atoms with Crippen molar-refractivity contribution in [2.75, 3.05) is 5.32 Å². The van der Waals surface area contributed by atoms with Crippen molar-refractivity contribution in [2.24, 2.45) is 11.8 Å². The molecule has 5 rings (SSSR count). The van der Waals surface area contributed by atoms with Crippen LogP contribution in [0.25, 0.3) is 10.9 Å². The first-order valence-electron chi connectivity index (χ1n) is 9.53. The van der Waals surface area contributed by atoms with Gasteiger partial charge < -0.3 is 5.32 Å². The number of amides is 1. The molecule has 2 aliphatic carbocycles. The van der Waals surface area contributed by atoms with Crippen LogP contribution in [0.2, 0.25) is 0 Å². The van der Waals surface area contributed by atoms with E-state index in [1.807, 2.05) is 42.5 Å².